The summed E-state index contributed by atoms with van der Waals surface area (Å²) >= 11 is 0. The molecule has 0 aliphatic heterocycles. The minimum Gasteiger partial charge on any atom is -0.493 e. The molecular weight excluding hydrogens is 429 g/mol. The molecule has 10 heteroatoms. The van der Waals surface area contributed by atoms with Crippen LogP contribution in [-0.2, 0) is 4.79 Å². The highest BCUT2D eigenvalue weighted by molar-refractivity contribution is 5.89. The van der Waals surface area contributed by atoms with Crippen molar-refractivity contribution in [3.05, 3.63) is 53.9 Å². The third kappa shape index (κ3) is 4.48. The molecule has 0 bridgehead atoms. The van der Waals surface area contributed by atoms with E-state index in [4.69, 9.17) is 18.9 Å². The first-order chi connectivity index (χ1) is 15.2. The molecule has 1 unspecified atom stereocenters. The molecule has 1 atom stereocenters. The Bertz CT molecular complexity index is 1130. The van der Waals surface area contributed by atoms with Gasteiger partial charge in [-0.3, -0.25) is 9.78 Å². The number of aromatic nitrogens is 1. The topological polar surface area (TPSA) is 78.9 Å². The number of benzene rings is 2. The van der Waals surface area contributed by atoms with E-state index in [1.165, 1.54) is 52.8 Å². The average Bonchev–Trinajstić information content (AvgIpc) is 2.79. The predicted octanol–water partition coefficient (Wildman–Crippen LogP) is 4.04. The summed E-state index contributed by atoms with van der Waals surface area (Å²) in [5.41, 5.74) is 0.503. The number of fused-ring (bicyclic) bond motifs is 1. The maximum absolute atomic E-state index is 13.1. The third-order valence-electron chi connectivity index (χ3n) is 4.85. The average molecular weight is 450 g/mol. The second kappa shape index (κ2) is 9.21. The molecule has 3 rings (SSSR count). The van der Waals surface area contributed by atoms with Crippen LogP contribution in [0.25, 0.3) is 10.8 Å². The van der Waals surface area contributed by atoms with Crippen LogP contribution in [0.1, 0.15) is 17.3 Å². The zero-order valence-electron chi connectivity index (χ0n) is 17.7. The monoisotopic (exact) mass is 450 g/mol. The van der Waals surface area contributed by atoms with Crippen molar-refractivity contribution in [2.75, 3.05) is 28.4 Å². The Labute approximate surface area is 182 Å². The summed E-state index contributed by atoms with van der Waals surface area (Å²) in [6.45, 7) is 0. The van der Waals surface area contributed by atoms with Crippen molar-refractivity contribution in [3.63, 3.8) is 0 Å². The van der Waals surface area contributed by atoms with E-state index in [1.54, 1.807) is 18.2 Å². The van der Waals surface area contributed by atoms with Gasteiger partial charge in [0.25, 0.3) is 0 Å². The van der Waals surface area contributed by atoms with Crippen LogP contribution >= 0.6 is 0 Å². The number of carbonyl (C=O) groups is 1. The van der Waals surface area contributed by atoms with Crippen molar-refractivity contribution >= 4 is 16.7 Å². The van der Waals surface area contributed by atoms with Gasteiger partial charge in [-0.25, -0.2) is 0 Å². The molecule has 0 saturated heterocycles. The number of halogens is 3. The van der Waals surface area contributed by atoms with Crippen molar-refractivity contribution < 1.29 is 36.9 Å². The fourth-order valence-electron chi connectivity index (χ4n) is 3.31. The van der Waals surface area contributed by atoms with Gasteiger partial charge < -0.3 is 24.3 Å². The Morgan fingerprint density at radius 3 is 2.06 bits per heavy atom. The zero-order chi connectivity index (χ0) is 23.5. The molecule has 1 amide bonds. The molecule has 3 aromatic rings. The largest absolute Gasteiger partial charge is 0.493 e. The van der Waals surface area contributed by atoms with Gasteiger partial charge in [-0.05, 0) is 41.3 Å². The van der Waals surface area contributed by atoms with Gasteiger partial charge in [-0.15, -0.1) is 0 Å². The number of nitrogens with zero attached hydrogens (tertiary/aromatic N) is 1. The molecule has 0 spiro atoms. The summed E-state index contributed by atoms with van der Waals surface area (Å²) in [7, 11) is 5.75. The molecular formula is C22H21F3N2O5. The van der Waals surface area contributed by atoms with Gasteiger partial charge in [0.1, 0.15) is 0 Å². The number of nitrogens with one attached hydrogen (secondary N) is 1. The first-order valence-corrected chi connectivity index (χ1v) is 9.33. The van der Waals surface area contributed by atoms with Gasteiger partial charge in [0.15, 0.2) is 23.0 Å². The standard InChI is InChI=1S/C22H21F3N2O5/c1-29-15-6-5-13(10-16(15)30-2)19(27-21(28)22(23,24)25)20-14-11-18(32-4)17(31-3)9-12(14)7-8-26-20/h5-11,19H,1-4H3,(H,27,28). The molecule has 1 N–H and O–H groups in total. The summed E-state index contributed by atoms with van der Waals surface area (Å²) in [5.74, 6) is -0.622. The maximum Gasteiger partial charge on any atom is 0.471 e. The van der Waals surface area contributed by atoms with E-state index in [9.17, 15) is 18.0 Å². The number of rotatable bonds is 7. The number of carbonyl (C=O) groups excluding carboxylic acids is 1. The first-order valence-electron chi connectivity index (χ1n) is 9.33. The van der Waals surface area contributed by atoms with Crippen LogP contribution in [0.4, 0.5) is 13.2 Å². The van der Waals surface area contributed by atoms with E-state index in [0.717, 1.165) is 0 Å². The highest BCUT2D eigenvalue weighted by Gasteiger charge is 2.40. The maximum atomic E-state index is 13.1. The Morgan fingerprint density at radius 1 is 0.875 bits per heavy atom. The molecule has 0 aliphatic carbocycles. The molecule has 2 aromatic carbocycles. The molecule has 7 nitrogen and oxygen atoms in total. The lowest BCUT2D eigenvalue weighted by atomic mass is 9.97. The van der Waals surface area contributed by atoms with Gasteiger partial charge in [-0.2, -0.15) is 13.2 Å². The Morgan fingerprint density at radius 2 is 1.47 bits per heavy atom. The lowest BCUT2D eigenvalue weighted by molar-refractivity contribution is -0.174. The SMILES string of the molecule is COc1ccc(C(NC(=O)C(F)(F)F)c2nccc3cc(OC)c(OC)cc23)cc1OC. The Kier molecular flexibility index (Phi) is 6.61. The highest BCUT2D eigenvalue weighted by Crippen LogP contribution is 2.38. The number of alkyl halides is 3. The minimum absolute atomic E-state index is 0.188. The van der Waals surface area contributed by atoms with E-state index < -0.39 is 18.1 Å². The second-order valence-electron chi connectivity index (χ2n) is 6.64. The van der Waals surface area contributed by atoms with E-state index in [0.29, 0.717) is 33.6 Å². The van der Waals surface area contributed by atoms with Crippen LogP contribution in [0.15, 0.2) is 42.6 Å². The number of hydrogen-bond donors (Lipinski definition) is 1. The third-order valence-corrected chi connectivity index (χ3v) is 4.85. The molecule has 32 heavy (non-hydrogen) atoms. The summed E-state index contributed by atoms with van der Waals surface area (Å²) in [5, 5.41) is 3.16. The summed E-state index contributed by atoms with van der Waals surface area (Å²) < 4.78 is 60.5. The smallest absolute Gasteiger partial charge is 0.471 e. The number of hydrogen-bond acceptors (Lipinski definition) is 6. The second-order valence-corrected chi connectivity index (χ2v) is 6.64. The van der Waals surface area contributed by atoms with E-state index >= 15 is 0 Å². The molecule has 0 fully saturated rings. The molecule has 0 saturated carbocycles. The van der Waals surface area contributed by atoms with E-state index in [2.05, 4.69) is 4.98 Å². The van der Waals surface area contributed by atoms with Crippen molar-refractivity contribution in [2.24, 2.45) is 0 Å². The quantitative estimate of drug-likeness (QED) is 0.586. The number of pyridine rings is 1. The lowest BCUT2D eigenvalue weighted by Crippen LogP contribution is -2.39. The summed E-state index contributed by atoms with van der Waals surface area (Å²) in [4.78, 5) is 16.2. The van der Waals surface area contributed by atoms with Gasteiger partial charge in [0.2, 0.25) is 0 Å². The first kappa shape index (κ1) is 23.0. The van der Waals surface area contributed by atoms with Crippen LogP contribution in [0.3, 0.4) is 0 Å². The summed E-state index contributed by atoms with van der Waals surface area (Å²) in [6.07, 6.45) is -3.64. The Hall–Kier alpha value is -3.69. The zero-order valence-corrected chi connectivity index (χ0v) is 17.7. The lowest BCUT2D eigenvalue weighted by Gasteiger charge is -2.22. The van der Waals surface area contributed by atoms with Gasteiger partial charge >= 0.3 is 12.1 Å². The van der Waals surface area contributed by atoms with Gasteiger partial charge in [0.05, 0.1) is 40.2 Å². The highest BCUT2D eigenvalue weighted by atomic mass is 19.4. The molecule has 170 valence electrons. The molecule has 1 aromatic heterocycles. The minimum atomic E-state index is -5.08. The fourth-order valence-corrected chi connectivity index (χ4v) is 3.31. The van der Waals surface area contributed by atoms with Crippen LogP contribution < -0.4 is 24.3 Å². The number of amides is 1. The van der Waals surface area contributed by atoms with Gasteiger partial charge in [0, 0.05) is 11.6 Å². The van der Waals surface area contributed by atoms with E-state index in [1.807, 2.05) is 5.32 Å². The van der Waals surface area contributed by atoms with E-state index in [-0.39, 0.29) is 11.4 Å². The molecule has 0 radical (unpaired) electrons. The molecule has 1 heterocycles. The van der Waals surface area contributed by atoms with Crippen molar-refractivity contribution in [1.82, 2.24) is 10.3 Å². The fraction of sp³-hybridized carbons (Fsp3) is 0.273. The predicted molar refractivity (Wildman–Crippen MR) is 110 cm³/mol. The van der Waals surface area contributed by atoms with Crippen LogP contribution in [0.2, 0.25) is 0 Å². The van der Waals surface area contributed by atoms with Crippen molar-refractivity contribution in [1.29, 1.82) is 0 Å². The summed E-state index contributed by atoms with van der Waals surface area (Å²) in [6, 6.07) is 8.27. The van der Waals surface area contributed by atoms with Gasteiger partial charge in [-0.1, -0.05) is 6.07 Å². The normalized spacial score (nSPS) is 12.2. The van der Waals surface area contributed by atoms with Crippen LogP contribution in [0, 0.1) is 0 Å². The van der Waals surface area contributed by atoms with Crippen LogP contribution in [0.5, 0.6) is 23.0 Å². The van der Waals surface area contributed by atoms with Crippen LogP contribution in [-0.4, -0.2) is 45.5 Å². The number of methoxy groups -OCH3 is 4. The molecule has 0 aliphatic rings. The Balaban J connectivity index is 2.24. The number of ether oxygens (including phenoxy) is 4. The van der Waals surface area contributed by atoms with Crippen molar-refractivity contribution in [3.8, 4) is 23.0 Å². The van der Waals surface area contributed by atoms with Crippen molar-refractivity contribution in [2.45, 2.75) is 12.2 Å².